The first-order valence-electron chi connectivity index (χ1n) is 17.3. The van der Waals surface area contributed by atoms with E-state index in [1.165, 1.54) is 11.1 Å². The van der Waals surface area contributed by atoms with Crippen LogP contribution in [0.25, 0.3) is 16.8 Å². The minimum atomic E-state index is -0.512. The van der Waals surface area contributed by atoms with E-state index in [0.717, 1.165) is 36.2 Å². The highest BCUT2D eigenvalue weighted by atomic mass is 16.5. The lowest BCUT2D eigenvalue weighted by atomic mass is 9.85. The van der Waals surface area contributed by atoms with Gasteiger partial charge in [0.15, 0.2) is 0 Å². The van der Waals surface area contributed by atoms with E-state index < -0.39 is 5.41 Å². The van der Waals surface area contributed by atoms with Crippen LogP contribution in [0.5, 0.6) is 5.88 Å². The fraction of sp³-hybridized carbons (Fsp3) is 0.359. The van der Waals surface area contributed by atoms with E-state index in [1.807, 2.05) is 53.6 Å². The quantitative estimate of drug-likeness (QED) is 0.183. The zero-order chi connectivity index (χ0) is 35.0. The van der Waals surface area contributed by atoms with Gasteiger partial charge in [0.1, 0.15) is 0 Å². The third-order valence-corrected chi connectivity index (χ3v) is 10.1. The molecule has 2 aromatic heterocycles. The van der Waals surface area contributed by atoms with Crippen LogP contribution in [0.4, 0.5) is 11.4 Å². The summed E-state index contributed by atoms with van der Waals surface area (Å²) in [5, 5.41) is 8.86. The molecule has 5 heterocycles. The van der Waals surface area contributed by atoms with Crippen LogP contribution < -0.4 is 15.4 Å². The van der Waals surface area contributed by atoms with Crippen LogP contribution in [0.1, 0.15) is 51.2 Å². The number of carbonyl (C=O) groups is 2. The van der Waals surface area contributed by atoms with Crippen LogP contribution in [-0.2, 0) is 16.6 Å². The average molecular weight is 675 g/mol. The number of benzene rings is 2. The number of rotatable bonds is 9. The maximum absolute atomic E-state index is 14.0. The predicted molar refractivity (Wildman–Crippen MR) is 197 cm³/mol. The van der Waals surface area contributed by atoms with Crippen molar-refractivity contribution < 1.29 is 15.8 Å². The summed E-state index contributed by atoms with van der Waals surface area (Å²) in [7, 11) is 1.96. The zero-order valence-electron chi connectivity index (χ0n) is 28.9. The smallest absolute Gasteiger partial charge is 0.237 e. The number of ether oxygens (including phenoxy) is 1. The highest BCUT2D eigenvalue weighted by molar-refractivity contribution is 6.14. The summed E-state index contributed by atoms with van der Waals surface area (Å²) in [6.45, 7) is 7.32. The van der Waals surface area contributed by atoms with Gasteiger partial charge in [-0.25, -0.2) is 9.97 Å². The number of imidazole rings is 1. The molecule has 50 heavy (non-hydrogen) atoms. The molecule has 0 bridgehead atoms. The van der Waals surface area contributed by atoms with Gasteiger partial charge in [0.05, 0.1) is 35.8 Å². The molecule has 1 spiro atoms. The second-order valence-electron chi connectivity index (χ2n) is 14.0. The predicted octanol–water partition coefficient (Wildman–Crippen LogP) is 5.26. The highest BCUT2D eigenvalue weighted by Crippen LogP contribution is 2.43. The largest absolute Gasteiger partial charge is 0.475 e. The van der Waals surface area contributed by atoms with Crippen molar-refractivity contribution in [3.63, 3.8) is 0 Å². The molecule has 260 valence electrons. The Morgan fingerprint density at radius 2 is 1.82 bits per heavy atom. The Labute approximate surface area is 294 Å². The summed E-state index contributed by atoms with van der Waals surface area (Å²) in [5.74, 6) is 0.677. The van der Waals surface area contributed by atoms with Crippen LogP contribution in [0, 0.1) is 10.8 Å². The maximum atomic E-state index is 14.0. The number of pyridine rings is 1. The summed E-state index contributed by atoms with van der Waals surface area (Å²) >= 11 is 0. The van der Waals surface area contributed by atoms with E-state index in [2.05, 4.69) is 45.2 Å². The van der Waals surface area contributed by atoms with Crippen molar-refractivity contribution in [2.24, 2.45) is 12.5 Å². The molecule has 0 radical (unpaired) electrons. The number of nitrogens with two attached hydrogens (primary N) is 1. The number of carbonyl (C=O) groups excluding carboxylic acids is 2. The number of nitrogens with zero attached hydrogens (tertiary/aromatic N) is 6. The fourth-order valence-corrected chi connectivity index (χ4v) is 7.33. The lowest BCUT2D eigenvalue weighted by molar-refractivity contribution is -0.132. The monoisotopic (exact) mass is 674 g/mol. The molecule has 2 aromatic carbocycles. The molecular weight excluding hydrogens is 628 g/mol. The van der Waals surface area contributed by atoms with Crippen molar-refractivity contribution in [1.29, 1.82) is 5.41 Å². The Morgan fingerprint density at radius 1 is 1.04 bits per heavy atom. The number of aryl methyl sites for hydroxylation is 1. The number of nitrogen functional groups attached to an aromatic ring is 1. The lowest BCUT2D eigenvalue weighted by Crippen LogP contribution is -2.43. The third kappa shape index (κ3) is 6.65. The summed E-state index contributed by atoms with van der Waals surface area (Å²) in [4.78, 5) is 42.0. The highest BCUT2D eigenvalue weighted by Gasteiger charge is 2.51. The fourth-order valence-electron chi connectivity index (χ4n) is 7.33. The van der Waals surface area contributed by atoms with Crippen molar-refractivity contribution in [2.75, 3.05) is 49.9 Å². The van der Waals surface area contributed by atoms with Gasteiger partial charge in [-0.15, -0.1) is 0 Å². The first kappa shape index (κ1) is 33.2. The Bertz CT molecular complexity index is 1960. The van der Waals surface area contributed by atoms with Crippen LogP contribution in [0.3, 0.4) is 0 Å². The van der Waals surface area contributed by atoms with E-state index in [-0.39, 0.29) is 25.1 Å². The number of nitrogens with one attached hydrogen (secondary N) is 1. The molecule has 2 saturated heterocycles. The average Bonchev–Trinajstić information content (AvgIpc) is 3.83. The molecule has 11 nitrogen and oxygen atoms in total. The van der Waals surface area contributed by atoms with Crippen molar-refractivity contribution in [1.82, 2.24) is 24.3 Å². The molecule has 3 aliphatic rings. The molecule has 1 atom stereocenters. The van der Waals surface area contributed by atoms with Crippen molar-refractivity contribution in [3.05, 3.63) is 96.1 Å². The molecule has 0 aliphatic carbocycles. The van der Waals surface area contributed by atoms with Gasteiger partial charge in [-0.1, -0.05) is 30.3 Å². The summed E-state index contributed by atoms with van der Waals surface area (Å²) < 4.78 is 7.58. The summed E-state index contributed by atoms with van der Waals surface area (Å²) in [6, 6.07) is 17.5. The van der Waals surface area contributed by atoms with E-state index in [4.69, 9.17) is 15.9 Å². The van der Waals surface area contributed by atoms with Gasteiger partial charge in [0, 0.05) is 81.2 Å². The molecule has 4 aromatic rings. The van der Waals surface area contributed by atoms with E-state index >= 15 is 0 Å². The number of hydrogen-bond donors (Lipinski definition) is 2. The van der Waals surface area contributed by atoms with Gasteiger partial charge in [-0.05, 0) is 75.1 Å². The number of aromatic nitrogens is 3. The Kier molecular flexibility index (Phi) is 9.00. The molecule has 3 N–H and O–H groups in total. The first-order valence-corrected chi connectivity index (χ1v) is 17.3. The first-order chi connectivity index (χ1) is 24.1. The van der Waals surface area contributed by atoms with Crippen LogP contribution in [0.2, 0.25) is 0 Å². The minimum Gasteiger partial charge on any atom is -0.475 e. The number of hydrogen-bond acceptors (Lipinski definition) is 8. The summed E-state index contributed by atoms with van der Waals surface area (Å²) in [5.41, 5.74) is 12.9. The van der Waals surface area contributed by atoms with E-state index in [9.17, 15) is 9.59 Å². The number of likely N-dealkylation sites (tertiary alicyclic amines) is 1. The van der Waals surface area contributed by atoms with Gasteiger partial charge in [-0.2, -0.15) is 0 Å². The molecule has 11 heteroatoms. The normalized spacial score (nSPS) is 19.4. The van der Waals surface area contributed by atoms with Gasteiger partial charge in [-0.3, -0.25) is 19.9 Å². The molecular formula is C39H46N8O3. The summed E-state index contributed by atoms with van der Waals surface area (Å²) in [6.07, 6.45) is 9.84. The Balaban J connectivity index is 0.00000448. The van der Waals surface area contributed by atoms with Crippen molar-refractivity contribution in [2.45, 2.75) is 39.2 Å². The van der Waals surface area contributed by atoms with Gasteiger partial charge in [0.25, 0.3) is 0 Å². The Morgan fingerprint density at radius 3 is 2.50 bits per heavy atom. The standard InChI is InChI=1S/C39H44N8O3.H2/c1-26(2)50-35-11-8-30(21-42-35)37(41)32-20-31(9-10-33(32)40)47-19-15-39(38(47)49)14-18-45(24-39)23-36(48)46-16-12-28(13-17-46)27-4-6-29(7-5-27)34-22-44(3)25-43-34;/h4-12,20-22,25-26,41H,13-19,23-24,40H2,1-3H3;1H/t39-;/m0./s1. The van der Waals surface area contributed by atoms with Crippen molar-refractivity contribution >= 4 is 34.5 Å². The van der Waals surface area contributed by atoms with E-state index in [0.29, 0.717) is 62.0 Å². The SMILES string of the molecule is CC(C)Oc1ccc(C(=N)c2cc(N3CC[C@]4(CCN(CC(=O)N5CC=C(c6ccc(-c7cn(C)cn7)cc6)CC5)C4)C3=O)ccc2N)cn1.[HH]. The topological polar surface area (TPSA) is 134 Å². The molecule has 2 amide bonds. The second-order valence-corrected chi connectivity index (χ2v) is 14.0. The van der Waals surface area contributed by atoms with Gasteiger partial charge >= 0.3 is 0 Å². The van der Waals surface area contributed by atoms with E-state index in [1.54, 1.807) is 30.7 Å². The third-order valence-electron chi connectivity index (χ3n) is 10.1. The lowest BCUT2D eigenvalue weighted by Gasteiger charge is -2.29. The molecule has 7 rings (SSSR count). The second kappa shape index (κ2) is 13.5. The number of anilines is 2. The van der Waals surface area contributed by atoms with Gasteiger partial charge < -0.3 is 24.8 Å². The molecule has 0 saturated carbocycles. The van der Waals surface area contributed by atoms with Crippen LogP contribution in [-0.4, -0.2) is 87.2 Å². The number of amides is 2. The molecule has 2 fully saturated rings. The van der Waals surface area contributed by atoms with Crippen LogP contribution in [0.15, 0.2) is 79.4 Å². The Hall–Kier alpha value is -5.29. The zero-order valence-corrected chi connectivity index (χ0v) is 28.9. The van der Waals surface area contributed by atoms with Crippen LogP contribution >= 0.6 is 0 Å². The molecule has 0 unspecified atom stereocenters. The van der Waals surface area contributed by atoms with Gasteiger partial charge in [0.2, 0.25) is 17.7 Å². The van der Waals surface area contributed by atoms with Crippen molar-refractivity contribution in [3.8, 4) is 17.1 Å². The minimum absolute atomic E-state index is 0. The maximum Gasteiger partial charge on any atom is 0.237 e. The molecule has 3 aliphatic heterocycles.